The fraction of sp³-hybridized carbons (Fsp3) is 0.263. The van der Waals surface area contributed by atoms with Crippen LogP contribution in [0.3, 0.4) is 0 Å². The molecule has 6 nitrogen and oxygen atoms in total. The number of amidine groups is 1. The number of carbonyl (C=O) groups excluding carboxylic acids is 1. The molecule has 3 heterocycles. The summed E-state index contributed by atoms with van der Waals surface area (Å²) < 4.78 is 0. The van der Waals surface area contributed by atoms with Gasteiger partial charge in [0.25, 0.3) is 5.91 Å². The molecule has 0 radical (unpaired) electrons. The van der Waals surface area contributed by atoms with E-state index in [1.54, 1.807) is 29.2 Å². The molecule has 2 aromatic rings. The summed E-state index contributed by atoms with van der Waals surface area (Å²) in [6.45, 7) is 2.15. The molecule has 2 aliphatic rings. The smallest absolute Gasteiger partial charge is 0.276 e. The van der Waals surface area contributed by atoms with Crippen LogP contribution in [0.15, 0.2) is 58.9 Å². The van der Waals surface area contributed by atoms with Gasteiger partial charge in [-0.25, -0.2) is 5.01 Å². The van der Waals surface area contributed by atoms with E-state index in [2.05, 4.69) is 17.2 Å². The minimum atomic E-state index is -0.401. The number of fused-ring (bicyclic) bond motifs is 2. The molecule has 0 aliphatic carbocycles. The van der Waals surface area contributed by atoms with E-state index >= 15 is 0 Å². The molecule has 0 saturated carbocycles. The van der Waals surface area contributed by atoms with Gasteiger partial charge in [0.1, 0.15) is 5.70 Å². The van der Waals surface area contributed by atoms with Crippen LogP contribution in [0.2, 0.25) is 0 Å². The number of amides is 1. The number of hydrazone groups is 1. The van der Waals surface area contributed by atoms with Crippen LogP contribution in [0.1, 0.15) is 31.5 Å². The maximum absolute atomic E-state index is 12.9. The van der Waals surface area contributed by atoms with Gasteiger partial charge in [0, 0.05) is 28.9 Å². The lowest BCUT2D eigenvalue weighted by Gasteiger charge is -2.33. The largest absolute Gasteiger partial charge is 0.298 e. The molecule has 0 spiro atoms. The number of nitrogens with one attached hydrogen (secondary N) is 1. The Morgan fingerprint density at radius 2 is 2.12 bits per heavy atom. The predicted molar refractivity (Wildman–Crippen MR) is 102 cm³/mol. The number of pyridine rings is 1. The number of aromatic nitrogens is 1. The average Bonchev–Trinajstić information content (AvgIpc) is 2.68. The number of carbonyl (C=O) groups is 1. The lowest BCUT2D eigenvalue weighted by Crippen LogP contribution is -2.50. The molecule has 7 heteroatoms. The zero-order chi connectivity index (χ0) is 17.9. The first-order valence-corrected chi connectivity index (χ1v) is 9.65. The number of hydrogen-bond donors (Lipinski definition) is 1. The molecule has 4 rings (SSSR count). The van der Waals surface area contributed by atoms with E-state index in [1.807, 2.05) is 36.4 Å². The van der Waals surface area contributed by atoms with Crippen LogP contribution >= 0.6 is 11.8 Å². The first-order valence-electron chi connectivity index (χ1n) is 8.67. The monoisotopic (exact) mass is 365 g/mol. The Hall–Kier alpha value is -2.67. The van der Waals surface area contributed by atoms with Crippen molar-refractivity contribution in [3.63, 3.8) is 0 Å². The van der Waals surface area contributed by atoms with E-state index in [1.165, 1.54) is 0 Å². The lowest BCUT2D eigenvalue weighted by molar-refractivity contribution is -0.116. The molecule has 1 amide bonds. The summed E-state index contributed by atoms with van der Waals surface area (Å²) >= 11 is 1.57. The van der Waals surface area contributed by atoms with Crippen molar-refractivity contribution in [2.75, 3.05) is 5.75 Å². The molecule has 0 fully saturated rings. The second-order valence-corrected chi connectivity index (χ2v) is 7.14. The molecule has 26 heavy (non-hydrogen) atoms. The minimum Gasteiger partial charge on any atom is -0.298 e. The molecule has 1 aromatic carbocycles. The summed E-state index contributed by atoms with van der Waals surface area (Å²) in [5.41, 5.74) is 1.43. The summed E-state index contributed by atoms with van der Waals surface area (Å²) in [5.74, 6) is 0.777. The van der Waals surface area contributed by atoms with Gasteiger partial charge in [-0.1, -0.05) is 49.4 Å². The van der Waals surface area contributed by atoms with Crippen molar-refractivity contribution in [3.05, 3.63) is 64.9 Å². The fourth-order valence-electron chi connectivity index (χ4n) is 2.95. The van der Waals surface area contributed by atoms with Crippen LogP contribution in [0.25, 0.3) is 5.70 Å². The van der Waals surface area contributed by atoms with Crippen LogP contribution in [0.5, 0.6) is 0 Å². The van der Waals surface area contributed by atoms with E-state index in [4.69, 9.17) is 10.1 Å². The molecule has 1 N–H and O–H groups in total. The standard InChI is InChI=1S/C19H19N5OS/c1-2-3-11-26-19-22-18(25)16-14-8-4-5-9-15(14)21-17(24(16)23-19)13-7-6-10-20-12-13/h4-10,12,17H,2-3,11H2,1H3,(H,22,23,25)/t17-/m1/s1. The maximum Gasteiger partial charge on any atom is 0.276 e. The number of para-hydroxylation sites is 1. The highest BCUT2D eigenvalue weighted by molar-refractivity contribution is 8.13. The van der Waals surface area contributed by atoms with E-state index < -0.39 is 6.17 Å². The van der Waals surface area contributed by atoms with Gasteiger partial charge in [-0.3, -0.25) is 20.1 Å². The summed E-state index contributed by atoms with van der Waals surface area (Å²) in [7, 11) is 0. The zero-order valence-electron chi connectivity index (χ0n) is 14.4. The molecule has 1 atom stereocenters. The highest BCUT2D eigenvalue weighted by Gasteiger charge is 2.34. The average molecular weight is 365 g/mol. The van der Waals surface area contributed by atoms with Crippen molar-refractivity contribution in [2.24, 2.45) is 10.1 Å². The van der Waals surface area contributed by atoms with Crippen LogP contribution < -0.4 is 15.9 Å². The number of hydrogen-bond acceptors (Lipinski definition) is 6. The molecule has 1 aromatic heterocycles. The molecule has 0 unspecified atom stereocenters. The Morgan fingerprint density at radius 3 is 2.92 bits per heavy atom. The van der Waals surface area contributed by atoms with Gasteiger partial charge in [0.05, 0.1) is 5.36 Å². The van der Waals surface area contributed by atoms with Gasteiger partial charge in [0.2, 0.25) is 0 Å². The summed E-state index contributed by atoms with van der Waals surface area (Å²) in [4.78, 5) is 21.9. The third kappa shape index (κ3) is 3.10. The summed E-state index contributed by atoms with van der Waals surface area (Å²) in [6.07, 6.45) is 5.28. The maximum atomic E-state index is 12.9. The molecule has 0 saturated heterocycles. The van der Waals surface area contributed by atoms with Gasteiger partial charge < -0.3 is 0 Å². The van der Waals surface area contributed by atoms with Crippen molar-refractivity contribution in [3.8, 4) is 0 Å². The highest BCUT2D eigenvalue weighted by Crippen LogP contribution is 2.30. The van der Waals surface area contributed by atoms with Crippen molar-refractivity contribution >= 4 is 28.5 Å². The Morgan fingerprint density at radius 1 is 1.23 bits per heavy atom. The zero-order valence-corrected chi connectivity index (χ0v) is 15.2. The van der Waals surface area contributed by atoms with E-state index in [9.17, 15) is 4.79 Å². The van der Waals surface area contributed by atoms with Gasteiger partial charge >= 0.3 is 0 Å². The van der Waals surface area contributed by atoms with Crippen LogP contribution in [-0.4, -0.2) is 26.8 Å². The van der Waals surface area contributed by atoms with E-state index in [0.717, 1.165) is 34.7 Å². The van der Waals surface area contributed by atoms with Crippen LogP contribution in [0, 0.1) is 0 Å². The number of rotatable bonds is 4. The number of thioether (sulfide) groups is 1. The Kier molecular flexibility index (Phi) is 4.71. The van der Waals surface area contributed by atoms with Crippen molar-refractivity contribution in [2.45, 2.75) is 25.9 Å². The van der Waals surface area contributed by atoms with E-state index in [-0.39, 0.29) is 5.91 Å². The normalized spacial score (nSPS) is 18.4. The quantitative estimate of drug-likeness (QED) is 0.838. The minimum absolute atomic E-state index is 0.143. The van der Waals surface area contributed by atoms with Crippen molar-refractivity contribution < 1.29 is 4.79 Å². The van der Waals surface area contributed by atoms with Crippen molar-refractivity contribution in [1.82, 2.24) is 15.3 Å². The van der Waals surface area contributed by atoms with Crippen LogP contribution in [0.4, 0.5) is 0 Å². The molecule has 132 valence electrons. The second kappa shape index (κ2) is 7.29. The van der Waals surface area contributed by atoms with Crippen molar-refractivity contribution in [1.29, 1.82) is 0 Å². The number of nitrogens with zero attached hydrogens (tertiary/aromatic N) is 4. The Balaban J connectivity index is 1.83. The highest BCUT2D eigenvalue weighted by atomic mass is 32.2. The molecule has 2 aliphatic heterocycles. The molecular weight excluding hydrogens is 346 g/mol. The van der Waals surface area contributed by atoms with Gasteiger partial charge in [-0.15, -0.1) is 5.10 Å². The first-order chi connectivity index (χ1) is 12.8. The lowest BCUT2D eigenvalue weighted by atomic mass is 10.1. The van der Waals surface area contributed by atoms with E-state index in [0.29, 0.717) is 10.9 Å². The van der Waals surface area contributed by atoms with Gasteiger partial charge in [-0.05, 0) is 18.6 Å². The Bertz CT molecular complexity index is 973. The third-order valence-corrected chi connectivity index (χ3v) is 5.18. The summed E-state index contributed by atoms with van der Waals surface area (Å²) in [6, 6.07) is 11.5. The first kappa shape index (κ1) is 16.8. The molecule has 0 bridgehead atoms. The third-order valence-electron chi connectivity index (χ3n) is 4.23. The summed E-state index contributed by atoms with van der Waals surface area (Å²) in [5, 5.41) is 11.6. The fourth-order valence-corrected chi connectivity index (χ4v) is 3.89. The van der Waals surface area contributed by atoms with Gasteiger partial charge in [0.15, 0.2) is 11.3 Å². The topological polar surface area (TPSA) is 70.0 Å². The molecular formula is C19H19N5OS. The van der Waals surface area contributed by atoms with Gasteiger partial charge in [-0.2, -0.15) is 0 Å². The number of benzene rings is 1. The predicted octanol–water partition coefficient (Wildman–Crippen LogP) is 1.76. The second-order valence-electron chi connectivity index (χ2n) is 6.06. The Labute approximate surface area is 155 Å². The van der Waals surface area contributed by atoms with Crippen LogP contribution in [-0.2, 0) is 4.79 Å². The number of unbranched alkanes of at least 4 members (excludes halogenated alkanes) is 1. The SMILES string of the molecule is CCCCSC1=NN2C(=c3ccccc3=N[C@H]2c2cccnc2)C(=O)N1.